The van der Waals surface area contributed by atoms with E-state index in [1.807, 2.05) is 6.07 Å². The molecule has 3 nitrogen and oxygen atoms in total. The van der Waals surface area contributed by atoms with Crippen LogP contribution in [0.25, 0.3) is 0 Å². The third-order valence-electron chi connectivity index (χ3n) is 4.03. The Bertz CT molecular complexity index is 496. The van der Waals surface area contributed by atoms with Gasteiger partial charge in [-0.25, -0.2) is 0 Å². The van der Waals surface area contributed by atoms with E-state index in [1.54, 1.807) is 0 Å². The van der Waals surface area contributed by atoms with Gasteiger partial charge in [-0.3, -0.25) is 4.79 Å². The van der Waals surface area contributed by atoms with E-state index in [-0.39, 0.29) is 5.41 Å². The summed E-state index contributed by atoms with van der Waals surface area (Å²) < 4.78 is 0. The van der Waals surface area contributed by atoms with Crippen molar-refractivity contribution in [3.05, 3.63) is 47.2 Å². The van der Waals surface area contributed by atoms with Crippen LogP contribution in [0.5, 0.6) is 0 Å². The lowest BCUT2D eigenvalue weighted by molar-refractivity contribution is -0.134. The fourth-order valence-electron chi connectivity index (χ4n) is 2.79. The average molecular weight is 290 g/mol. The molecule has 1 aliphatic carbocycles. The van der Waals surface area contributed by atoms with Crippen LogP contribution >= 0.6 is 0 Å². The number of aliphatic hydroxyl groups is 1. The lowest BCUT2D eigenvalue weighted by Gasteiger charge is -2.33. The number of carbonyl (C=O) groups is 1. The van der Waals surface area contributed by atoms with Crippen LogP contribution < -0.4 is 0 Å². The van der Waals surface area contributed by atoms with Gasteiger partial charge in [0.05, 0.1) is 5.76 Å². The quantitative estimate of drug-likeness (QED) is 0.831. The monoisotopic (exact) mass is 290 g/mol. The molecule has 0 aromatic heterocycles. The minimum absolute atomic E-state index is 0.0501. The Morgan fingerprint density at radius 1 is 1.24 bits per heavy atom. The summed E-state index contributed by atoms with van der Waals surface area (Å²) in [5.74, 6) is 0.405. The Morgan fingerprint density at radius 3 is 2.24 bits per heavy atom. The number of carboxylic acids is 1. The molecule has 3 heteroatoms. The molecule has 116 valence electrons. The molecule has 0 aliphatic heterocycles. The highest BCUT2D eigenvalue weighted by atomic mass is 16.4. The molecule has 0 fully saturated rings. The summed E-state index contributed by atoms with van der Waals surface area (Å²) in [6.07, 6.45) is 3.05. The molecule has 0 radical (unpaired) electrons. The van der Waals surface area contributed by atoms with Gasteiger partial charge in [0.15, 0.2) is 0 Å². The van der Waals surface area contributed by atoms with E-state index in [9.17, 15) is 5.11 Å². The number of carboxylic acid groups (broad SMARTS) is 1. The van der Waals surface area contributed by atoms with Gasteiger partial charge in [0.1, 0.15) is 0 Å². The minimum Gasteiger partial charge on any atom is -0.512 e. The molecule has 2 rings (SSSR count). The van der Waals surface area contributed by atoms with Crippen molar-refractivity contribution < 1.29 is 15.0 Å². The fraction of sp³-hybridized carbons (Fsp3) is 0.500. The van der Waals surface area contributed by atoms with Crippen molar-refractivity contribution in [2.24, 2.45) is 5.92 Å². The van der Waals surface area contributed by atoms with Crippen LogP contribution in [0, 0.1) is 5.92 Å². The predicted molar refractivity (Wildman–Crippen MR) is 85.4 cm³/mol. The number of aliphatic carboxylic acids is 1. The van der Waals surface area contributed by atoms with Crippen LogP contribution in [0.2, 0.25) is 0 Å². The molecule has 0 amide bonds. The van der Waals surface area contributed by atoms with E-state index in [4.69, 9.17) is 9.90 Å². The maximum absolute atomic E-state index is 10.2. The third-order valence-corrected chi connectivity index (χ3v) is 4.03. The van der Waals surface area contributed by atoms with Gasteiger partial charge in [-0.15, -0.1) is 0 Å². The number of hydrogen-bond donors (Lipinski definition) is 2. The van der Waals surface area contributed by atoms with E-state index in [2.05, 4.69) is 45.0 Å². The lowest BCUT2D eigenvalue weighted by atomic mass is 9.71. The number of benzene rings is 1. The first-order valence-corrected chi connectivity index (χ1v) is 7.41. The molecule has 1 aromatic carbocycles. The molecule has 0 spiro atoms. The molecule has 2 N–H and O–H groups in total. The topological polar surface area (TPSA) is 57.5 Å². The van der Waals surface area contributed by atoms with Gasteiger partial charge in [-0.2, -0.15) is 0 Å². The Labute approximate surface area is 127 Å². The van der Waals surface area contributed by atoms with E-state index in [0.29, 0.717) is 11.7 Å². The van der Waals surface area contributed by atoms with Gasteiger partial charge in [-0.1, -0.05) is 51.1 Å². The van der Waals surface area contributed by atoms with Crippen LogP contribution in [0.4, 0.5) is 0 Å². The molecular weight excluding hydrogens is 264 g/mol. The summed E-state index contributed by atoms with van der Waals surface area (Å²) in [5, 5.41) is 17.6. The van der Waals surface area contributed by atoms with Gasteiger partial charge in [0.2, 0.25) is 0 Å². The lowest BCUT2D eigenvalue weighted by Crippen LogP contribution is -2.25. The summed E-state index contributed by atoms with van der Waals surface area (Å²) >= 11 is 0. The molecule has 0 saturated heterocycles. The van der Waals surface area contributed by atoms with E-state index < -0.39 is 5.97 Å². The fourth-order valence-corrected chi connectivity index (χ4v) is 2.79. The van der Waals surface area contributed by atoms with Gasteiger partial charge in [0, 0.05) is 18.8 Å². The van der Waals surface area contributed by atoms with Crippen molar-refractivity contribution >= 4 is 5.97 Å². The first kappa shape index (κ1) is 17.3. The Hall–Kier alpha value is -1.77. The zero-order valence-electron chi connectivity index (χ0n) is 13.4. The minimum atomic E-state index is -0.833. The smallest absolute Gasteiger partial charge is 0.300 e. The maximum atomic E-state index is 10.2. The zero-order chi connectivity index (χ0) is 16.0. The zero-order valence-corrected chi connectivity index (χ0v) is 13.4. The van der Waals surface area contributed by atoms with Gasteiger partial charge in [-0.05, 0) is 29.9 Å². The van der Waals surface area contributed by atoms with E-state index in [0.717, 1.165) is 19.8 Å². The summed E-state index contributed by atoms with van der Waals surface area (Å²) in [5.41, 5.74) is 2.46. The second-order valence-corrected chi connectivity index (χ2v) is 6.28. The van der Waals surface area contributed by atoms with Crippen LogP contribution in [0.3, 0.4) is 0 Å². The molecule has 0 heterocycles. The number of rotatable bonds is 2. The summed E-state index contributed by atoms with van der Waals surface area (Å²) in [4.78, 5) is 9.00. The van der Waals surface area contributed by atoms with Crippen molar-refractivity contribution in [2.75, 3.05) is 0 Å². The van der Waals surface area contributed by atoms with Crippen LogP contribution in [0.15, 0.2) is 41.7 Å². The summed E-state index contributed by atoms with van der Waals surface area (Å²) in [6.45, 7) is 7.72. The van der Waals surface area contributed by atoms with Crippen molar-refractivity contribution in [1.82, 2.24) is 0 Å². The summed E-state index contributed by atoms with van der Waals surface area (Å²) in [6, 6.07) is 10.5. The van der Waals surface area contributed by atoms with Crippen LogP contribution in [-0.4, -0.2) is 16.2 Å². The van der Waals surface area contributed by atoms with Crippen LogP contribution in [0.1, 0.15) is 52.5 Å². The van der Waals surface area contributed by atoms with E-state index >= 15 is 0 Å². The first-order chi connectivity index (χ1) is 9.75. The van der Waals surface area contributed by atoms with Crippen LogP contribution in [-0.2, 0) is 10.2 Å². The Morgan fingerprint density at radius 2 is 1.76 bits per heavy atom. The Kier molecular flexibility index (Phi) is 6.01. The third kappa shape index (κ3) is 4.92. The van der Waals surface area contributed by atoms with Gasteiger partial charge in [0.25, 0.3) is 5.97 Å². The molecule has 21 heavy (non-hydrogen) atoms. The number of allylic oxidation sites excluding steroid dienone is 2. The van der Waals surface area contributed by atoms with Crippen molar-refractivity contribution in [1.29, 1.82) is 0 Å². The first-order valence-electron chi connectivity index (χ1n) is 7.41. The second-order valence-electron chi connectivity index (χ2n) is 6.28. The highest BCUT2D eigenvalue weighted by molar-refractivity contribution is 5.62. The average Bonchev–Trinajstić information content (AvgIpc) is 2.38. The van der Waals surface area contributed by atoms with E-state index in [1.165, 1.54) is 17.6 Å². The molecule has 0 unspecified atom stereocenters. The normalized spacial score (nSPS) is 18.8. The van der Waals surface area contributed by atoms with Gasteiger partial charge < -0.3 is 10.2 Å². The standard InChI is InChI=1S/C16H22O.C2H4O2/c1-12-9-10-14(15(17)11-12)16(2,3)13-7-5-4-6-8-13;1-2(3)4/h4-8,12,17H,9-11H2,1-3H3;1H3,(H,3,4)/t12-;/m1./s1. The molecular formula is C18H26O3. The van der Waals surface area contributed by atoms with Gasteiger partial charge >= 0.3 is 0 Å². The summed E-state index contributed by atoms with van der Waals surface area (Å²) in [7, 11) is 0. The molecule has 1 atom stereocenters. The number of aliphatic hydroxyl groups excluding tert-OH is 1. The molecule has 1 aromatic rings. The maximum Gasteiger partial charge on any atom is 0.300 e. The highest BCUT2D eigenvalue weighted by Gasteiger charge is 2.31. The molecule has 1 aliphatic rings. The SMILES string of the molecule is CC(=O)O.C[C@@H]1CCC(C(C)(C)c2ccccc2)=C(O)C1. The molecule has 0 saturated carbocycles. The second kappa shape index (κ2) is 7.30. The Balaban J connectivity index is 0.000000491. The molecule has 0 bridgehead atoms. The number of hydrogen-bond acceptors (Lipinski definition) is 2. The van der Waals surface area contributed by atoms with Crippen molar-refractivity contribution in [3.63, 3.8) is 0 Å². The van der Waals surface area contributed by atoms with Crippen molar-refractivity contribution in [2.45, 2.75) is 52.4 Å². The largest absolute Gasteiger partial charge is 0.512 e. The van der Waals surface area contributed by atoms with Crippen molar-refractivity contribution in [3.8, 4) is 0 Å². The predicted octanol–water partition coefficient (Wildman–Crippen LogP) is 4.69. The highest BCUT2D eigenvalue weighted by Crippen LogP contribution is 2.40.